The van der Waals surface area contributed by atoms with Crippen LogP contribution in [0.25, 0.3) is 0 Å². The molecule has 2 aromatic carbocycles. The molecule has 2 rings (SSSR count). The molecule has 26 heavy (non-hydrogen) atoms. The van der Waals surface area contributed by atoms with Crippen LogP contribution >= 0.6 is 0 Å². The van der Waals surface area contributed by atoms with Gasteiger partial charge in [-0.3, -0.25) is 9.10 Å². The Morgan fingerprint density at radius 1 is 1.00 bits per heavy atom. The number of carbonyl (C=O) groups is 1. The SMILES string of the molecule is CCc1ccc(CC)c(CNC(=O)CN(c2ccccc2)S(C)(=O)=O)c1. The summed E-state index contributed by atoms with van der Waals surface area (Å²) in [6.07, 6.45) is 2.92. The van der Waals surface area contributed by atoms with Crippen molar-refractivity contribution in [2.24, 2.45) is 0 Å². The molecule has 2 aromatic rings. The lowest BCUT2D eigenvalue weighted by molar-refractivity contribution is -0.119. The number of nitrogens with one attached hydrogen (secondary N) is 1. The zero-order chi connectivity index (χ0) is 19.2. The van der Waals surface area contributed by atoms with Gasteiger partial charge < -0.3 is 5.32 Å². The largest absolute Gasteiger partial charge is 0.350 e. The Labute approximate surface area is 156 Å². The zero-order valence-electron chi connectivity index (χ0n) is 15.5. The average molecular weight is 375 g/mol. The van der Waals surface area contributed by atoms with Gasteiger partial charge in [0.2, 0.25) is 15.9 Å². The molecule has 0 spiro atoms. The summed E-state index contributed by atoms with van der Waals surface area (Å²) in [5, 5.41) is 2.85. The van der Waals surface area contributed by atoms with Crippen LogP contribution in [-0.4, -0.2) is 27.1 Å². The molecule has 0 atom stereocenters. The van der Waals surface area contributed by atoms with Gasteiger partial charge in [-0.25, -0.2) is 8.42 Å². The van der Waals surface area contributed by atoms with Gasteiger partial charge in [0.1, 0.15) is 6.54 Å². The lowest BCUT2D eigenvalue weighted by atomic mass is 10.0. The molecule has 0 aliphatic rings. The Hall–Kier alpha value is -2.34. The fourth-order valence-corrected chi connectivity index (χ4v) is 3.64. The number of nitrogens with zero attached hydrogens (tertiary/aromatic N) is 1. The second-order valence-electron chi connectivity index (χ2n) is 6.19. The summed E-state index contributed by atoms with van der Waals surface area (Å²) in [4.78, 5) is 12.4. The van der Waals surface area contributed by atoms with Gasteiger partial charge >= 0.3 is 0 Å². The van der Waals surface area contributed by atoms with Crippen LogP contribution in [0.15, 0.2) is 48.5 Å². The number of hydrogen-bond acceptors (Lipinski definition) is 3. The van der Waals surface area contributed by atoms with E-state index < -0.39 is 10.0 Å². The first-order valence-electron chi connectivity index (χ1n) is 8.75. The van der Waals surface area contributed by atoms with E-state index in [9.17, 15) is 13.2 Å². The Kier molecular flexibility index (Phi) is 6.80. The van der Waals surface area contributed by atoms with Crippen molar-refractivity contribution >= 4 is 21.6 Å². The highest BCUT2D eigenvalue weighted by atomic mass is 32.2. The van der Waals surface area contributed by atoms with Crippen LogP contribution in [0.1, 0.15) is 30.5 Å². The van der Waals surface area contributed by atoms with Crippen LogP contribution in [0.2, 0.25) is 0 Å². The van der Waals surface area contributed by atoms with Crippen LogP contribution in [0.3, 0.4) is 0 Å². The normalized spacial score (nSPS) is 11.2. The number of sulfonamides is 1. The van der Waals surface area contributed by atoms with Gasteiger partial charge in [0.05, 0.1) is 11.9 Å². The maximum absolute atomic E-state index is 12.4. The molecule has 1 amide bonds. The highest BCUT2D eigenvalue weighted by Crippen LogP contribution is 2.17. The summed E-state index contributed by atoms with van der Waals surface area (Å²) in [5.74, 6) is -0.330. The van der Waals surface area contributed by atoms with Crippen molar-refractivity contribution in [1.29, 1.82) is 0 Å². The van der Waals surface area contributed by atoms with Gasteiger partial charge in [-0.1, -0.05) is 50.2 Å². The molecule has 0 aliphatic carbocycles. The molecule has 6 heteroatoms. The molecule has 1 N–H and O–H groups in total. The fourth-order valence-electron chi connectivity index (χ4n) is 2.78. The highest BCUT2D eigenvalue weighted by molar-refractivity contribution is 7.92. The lowest BCUT2D eigenvalue weighted by Gasteiger charge is -2.22. The van der Waals surface area contributed by atoms with Crippen LogP contribution < -0.4 is 9.62 Å². The third-order valence-corrected chi connectivity index (χ3v) is 5.41. The van der Waals surface area contributed by atoms with Crippen LogP contribution in [0, 0.1) is 0 Å². The zero-order valence-corrected chi connectivity index (χ0v) is 16.3. The predicted octanol–water partition coefficient (Wildman–Crippen LogP) is 2.89. The minimum atomic E-state index is -3.55. The number of benzene rings is 2. The molecule has 0 saturated heterocycles. The fraction of sp³-hybridized carbons (Fsp3) is 0.350. The van der Waals surface area contributed by atoms with E-state index in [-0.39, 0.29) is 12.5 Å². The summed E-state index contributed by atoms with van der Waals surface area (Å²) in [6, 6.07) is 14.9. The molecular formula is C20H26N2O3S. The number of hydrogen-bond donors (Lipinski definition) is 1. The maximum atomic E-state index is 12.4. The number of amides is 1. The van der Waals surface area contributed by atoms with Gasteiger partial charge in [0, 0.05) is 6.54 Å². The number of anilines is 1. The summed E-state index contributed by atoms with van der Waals surface area (Å²) in [5.41, 5.74) is 3.96. The predicted molar refractivity (Wildman–Crippen MR) is 106 cm³/mol. The average Bonchev–Trinajstić information content (AvgIpc) is 2.63. The third-order valence-electron chi connectivity index (χ3n) is 4.27. The van der Waals surface area contributed by atoms with E-state index in [0.29, 0.717) is 12.2 Å². The number of para-hydroxylation sites is 1. The Balaban J connectivity index is 2.10. The second kappa shape index (κ2) is 8.85. The van der Waals surface area contributed by atoms with Gasteiger partial charge in [-0.2, -0.15) is 0 Å². The highest BCUT2D eigenvalue weighted by Gasteiger charge is 2.20. The molecule has 0 aliphatic heterocycles. The first kappa shape index (κ1) is 20.0. The van der Waals surface area contributed by atoms with E-state index in [1.165, 1.54) is 11.1 Å². The van der Waals surface area contributed by atoms with E-state index in [1.807, 2.05) is 0 Å². The smallest absolute Gasteiger partial charge is 0.241 e. The molecule has 140 valence electrons. The number of rotatable bonds is 8. The van der Waals surface area contributed by atoms with E-state index in [2.05, 4.69) is 37.4 Å². The van der Waals surface area contributed by atoms with E-state index in [4.69, 9.17) is 0 Å². The first-order chi connectivity index (χ1) is 12.3. The lowest BCUT2D eigenvalue weighted by Crippen LogP contribution is -2.40. The van der Waals surface area contributed by atoms with Crippen molar-refractivity contribution in [3.8, 4) is 0 Å². The molecule has 0 bridgehead atoms. The van der Waals surface area contributed by atoms with Crippen molar-refractivity contribution in [1.82, 2.24) is 5.32 Å². The standard InChI is InChI=1S/C20H26N2O3S/c1-4-16-11-12-17(5-2)18(13-16)14-21-20(23)15-22(26(3,24)25)19-9-7-6-8-10-19/h6-13H,4-5,14-15H2,1-3H3,(H,21,23). The maximum Gasteiger partial charge on any atom is 0.241 e. The Morgan fingerprint density at radius 2 is 1.69 bits per heavy atom. The summed E-state index contributed by atoms with van der Waals surface area (Å²) < 4.78 is 25.3. The minimum absolute atomic E-state index is 0.238. The van der Waals surface area contributed by atoms with Crippen molar-refractivity contribution in [3.63, 3.8) is 0 Å². The van der Waals surface area contributed by atoms with Crippen molar-refractivity contribution in [2.75, 3.05) is 17.1 Å². The van der Waals surface area contributed by atoms with Crippen molar-refractivity contribution in [3.05, 3.63) is 65.2 Å². The van der Waals surface area contributed by atoms with Crippen LogP contribution in [0.4, 0.5) is 5.69 Å². The van der Waals surface area contributed by atoms with Gasteiger partial charge in [0.25, 0.3) is 0 Å². The first-order valence-corrected chi connectivity index (χ1v) is 10.6. The second-order valence-corrected chi connectivity index (χ2v) is 8.10. The third kappa shape index (κ3) is 5.33. The molecule has 0 radical (unpaired) electrons. The quantitative estimate of drug-likeness (QED) is 0.773. The Morgan fingerprint density at radius 3 is 2.27 bits per heavy atom. The van der Waals surface area contributed by atoms with Gasteiger partial charge in [0.15, 0.2) is 0 Å². The molecule has 5 nitrogen and oxygen atoms in total. The molecule has 0 fully saturated rings. The van der Waals surface area contributed by atoms with E-state index >= 15 is 0 Å². The number of carbonyl (C=O) groups excluding carboxylic acids is 1. The van der Waals surface area contributed by atoms with Gasteiger partial charge in [-0.05, 0) is 41.7 Å². The molecule has 0 saturated carbocycles. The summed E-state index contributed by atoms with van der Waals surface area (Å²) in [7, 11) is -3.55. The van der Waals surface area contributed by atoms with Crippen molar-refractivity contribution < 1.29 is 13.2 Å². The topological polar surface area (TPSA) is 66.5 Å². The van der Waals surface area contributed by atoms with Crippen LogP contribution in [0.5, 0.6) is 0 Å². The minimum Gasteiger partial charge on any atom is -0.350 e. The van der Waals surface area contributed by atoms with Crippen molar-refractivity contribution in [2.45, 2.75) is 33.2 Å². The monoisotopic (exact) mass is 374 g/mol. The van der Waals surface area contributed by atoms with Crippen LogP contribution in [-0.2, 0) is 34.2 Å². The summed E-state index contributed by atoms with van der Waals surface area (Å²) >= 11 is 0. The van der Waals surface area contributed by atoms with E-state index in [1.54, 1.807) is 30.3 Å². The Bertz CT molecular complexity index is 849. The molecular weight excluding hydrogens is 348 g/mol. The number of aryl methyl sites for hydroxylation is 2. The molecule has 0 unspecified atom stereocenters. The summed E-state index contributed by atoms with van der Waals surface area (Å²) in [6.45, 7) is 4.32. The van der Waals surface area contributed by atoms with E-state index in [0.717, 1.165) is 29.0 Å². The molecule has 0 aromatic heterocycles. The molecule has 0 heterocycles. The van der Waals surface area contributed by atoms with Gasteiger partial charge in [-0.15, -0.1) is 0 Å².